The fourth-order valence-corrected chi connectivity index (χ4v) is 1.97. The zero-order chi connectivity index (χ0) is 13.8. The molecule has 1 aromatic rings. The molecule has 1 unspecified atom stereocenters. The largest absolute Gasteiger partial charge is 0.492 e. The molecule has 0 saturated heterocycles. The van der Waals surface area contributed by atoms with Crippen molar-refractivity contribution in [3.63, 3.8) is 0 Å². The maximum atomic E-state index is 11.1. The summed E-state index contributed by atoms with van der Waals surface area (Å²) in [7, 11) is 1.31. The number of carboxylic acid groups (broad SMARTS) is 1. The number of aliphatic carboxylic acids is 1. The number of carbonyl (C=O) groups excluding carboxylic acids is 1. The summed E-state index contributed by atoms with van der Waals surface area (Å²) >= 11 is 0. The van der Waals surface area contributed by atoms with E-state index in [-0.39, 0.29) is 6.61 Å². The highest BCUT2D eigenvalue weighted by molar-refractivity contribution is 5.87. The van der Waals surface area contributed by atoms with Crippen molar-refractivity contribution in [2.45, 2.75) is 6.42 Å². The minimum atomic E-state index is -0.860. The minimum Gasteiger partial charge on any atom is -0.492 e. The molecular formula is C14H14O5. The quantitative estimate of drug-likeness (QED) is 0.660. The van der Waals surface area contributed by atoms with Crippen LogP contribution in [0.15, 0.2) is 24.3 Å². The van der Waals surface area contributed by atoms with E-state index in [9.17, 15) is 9.59 Å². The van der Waals surface area contributed by atoms with Gasteiger partial charge in [0.05, 0.1) is 13.0 Å². The molecule has 100 valence electrons. The molecule has 19 heavy (non-hydrogen) atoms. The average Bonchev–Trinajstić information content (AvgIpc) is 2.43. The van der Waals surface area contributed by atoms with Gasteiger partial charge in [0, 0.05) is 11.6 Å². The SMILES string of the molecule is COC(=O)/C=C/c1cccc2c1OCC(C(=O)O)C2. The van der Waals surface area contributed by atoms with Gasteiger partial charge in [-0.15, -0.1) is 0 Å². The number of benzene rings is 1. The smallest absolute Gasteiger partial charge is 0.330 e. The Morgan fingerprint density at radius 3 is 2.95 bits per heavy atom. The van der Waals surface area contributed by atoms with Crippen LogP contribution in [0.1, 0.15) is 11.1 Å². The first kappa shape index (κ1) is 13.1. The Morgan fingerprint density at radius 1 is 1.47 bits per heavy atom. The molecular weight excluding hydrogens is 248 g/mol. The second-order valence-corrected chi connectivity index (χ2v) is 4.24. The van der Waals surface area contributed by atoms with E-state index in [1.54, 1.807) is 12.1 Å². The lowest BCUT2D eigenvalue weighted by Gasteiger charge is -2.23. The van der Waals surface area contributed by atoms with Crippen molar-refractivity contribution in [3.05, 3.63) is 35.4 Å². The maximum absolute atomic E-state index is 11.1. The minimum absolute atomic E-state index is 0.144. The number of carbonyl (C=O) groups is 2. The van der Waals surface area contributed by atoms with Crippen molar-refractivity contribution in [2.75, 3.05) is 13.7 Å². The standard InChI is InChI=1S/C14H14O5/c1-18-12(15)6-5-9-3-2-4-10-7-11(14(16)17)8-19-13(9)10/h2-6,11H,7-8H2,1H3,(H,16,17)/b6-5+. The van der Waals surface area contributed by atoms with Gasteiger partial charge in [-0.05, 0) is 18.1 Å². The number of hydrogen-bond donors (Lipinski definition) is 1. The van der Waals surface area contributed by atoms with Gasteiger partial charge in [0.2, 0.25) is 0 Å². The number of carboxylic acids is 1. The Kier molecular flexibility index (Phi) is 3.85. The van der Waals surface area contributed by atoms with Crippen molar-refractivity contribution >= 4 is 18.0 Å². The van der Waals surface area contributed by atoms with E-state index in [1.165, 1.54) is 13.2 Å². The summed E-state index contributed by atoms with van der Waals surface area (Å²) in [6.07, 6.45) is 3.35. The third-order valence-corrected chi connectivity index (χ3v) is 2.97. The number of hydrogen-bond acceptors (Lipinski definition) is 4. The van der Waals surface area contributed by atoms with Crippen LogP contribution in [0.25, 0.3) is 6.08 Å². The monoisotopic (exact) mass is 262 g/mol. The molecule has 2 rings (SSSR count). The first-order chi connectivity index (χ1) is 9.11. The number of methoxy groups -OCH3 is 1. The van der Waals surface area contributed by atoms with Crippen molar-refractivity contribution in [2.24, 2.45) is 5.92 Å². The molecule has 0 saturated carbocycles. The van der Waals surface area contributed by atoms with Crippen molar-refractivity contribution in [1.82, 2.24) is 0 Å². The molecule has 0 spiro atoms. The molecule has 1 N–H and O–H groups in total. The lowest BCUT2D eigenvalue weighted by atomic mass is 9.95. The Labute approximate surface area is 110 Å². The lowest BCUT2D eigenvalue weighted by Crippen LogP contribution is -2.28. The van der Waals surface area contributed by atoms with E-state index < -0.39 is 17.9 Å². The zero-order valence-corrected chi connectivity index (χ0v) is 10.5. The normalized spacial score (nSPS) is 17.6. The second kappa shape index (κ2) is 5.56. The van der Waals surface area contributed by atoms with Gasteiger partial charge in [-0.3, -0.25) is 4.79 Å². The Bertz CT molecular complexity index is 533. The summed E-state index contributed by atoms with van der Waals surface area (Å²) in [5.74, 6) is -1.19. The van der Waals surface area contributed by atoms with Gasteiger partial charge in [-0.2, -0.15) is 0 Å². The van der Waals surface area contributed by atoms with Crippen LogP contribution in [0.3, 0.4) is 0 Å². The van der Waals surface area contributed by atoms with E-state index in [0.29, 0.717) is 12.2 Å². The molecule has 0 bridgehead atoms. The highest BCUT2D eigenvalue weighted by atomic mass is 16.5. The average molecular weight is 262 g/mol. The summed E-state index contributed by atoms with van der Waals surface area (Å²) in [5, 5.41) is 8.99. The fourth-order valence-electron chi connectivity index (χ4n) is 1.97. The summed E-state index contributed by atoms with van der Waals surface area (Å²) in [4.78, 5) is 22.0. The number of fused-ring (bicyclic) bond motifs is 1. The summed E-state index contributed by atoms with van der Waals surface area (Å²) in [5.41, 5.74) is 1.58. The van der Waals surface area contributed by atoms with Gasteiger partial charge in [-0.25, -0.2) is 4.79 Å². The Balaban J connectivity index is 2.25. The van der Waals surface area contributed by atoms with E-state index in [4.69, 9.17) is 9.84 Å². The van der Waals surface area contributed by atoms with Crippen LogP contribution in [0.2, 0.25) is 0 Å². The highest BCUT2D eigenvalue weighted by Gasteiger charge is 2.26. The van der Waals surface area contributed by atoms with Crippen LogP contribution in [0.5, 0.6) is 5.75 Å². The van der Waals surface area contributed by atoms with E-state index in [2.05, 4.69) is 4.74 Å². The maximum Gasteiger partial charge on any atom is 0.330 e. The molecule has 1 heterocycles. The molecule has 0 aromatic heterocycles. The first-order valence-electron chi connectivity index (χ1n) is 5.85. The van der Waals surface area contributed by atoms with Crippen molar-refractivity contribution in [1.29, 1.82) is 0 Å². The number of ether oxygens (including phenoxy) is 2. The van der Waals surface area contributed by atoms with Crippen LogP contribution in [0, 0.1) is 5.92 Å². The highest BCUT2D eigenvalue weighted by Crippen LogP contribution is 2.31. The van der Waals surface area contributed by atoms with Crippen LogP contribution < -0.4 is 4.74 Å². The molecule has 0 radical (unpaired) electrons. The lowest BCUT2D eigenvalue weighted by molar-refractivity contribution is -0.143. The van der Waals surface area contributed by atoms with E-state index >= 15 is 0 Å². The van der Waals surface area contributed by atoms with Crippen LogP contribution >= 0.6 is 0 Å². The summed E-state index contributed by atoms with van der Waals surface area (Å²) < 4.78 is 10.0. The van der Waals surface area contributed by atoms with Gasteiger partial charge in [0.15, 0.2) is 0 Å². The molecule has 1 aliphatic rings. The van der Waals surface area contributed by atoms with Crippen LogP contribution in [-0.2, 0) is 20.7 Å². The molecule has 1 atom stereocenters. The third-order valence-electron chi connectivity index (χ3n) is 2.97. The van der Waals surface area contributed by atoms with E-state index in [0.717, 1.165) is 11.1 Å². The van der Waals surface area contributed by atoms with Gasteiger partial charge >= 0.3 is 11.9 Å². The number of para-hydroxylation sites is 1. The van der Waals surface area contributed by atoms with Crippen LogP contribution in [0.4, 0.5) is 0 Å². The predicted octanol–water partition coefficient (Wildman–Crippen LogP) is 1.51. The zero-order valence-electron chi connectivity index (χ0n) is 10.5. The third kappa shape index (κ3) is 2.93. The van der Waals surface area contributed by atoms with Gasteiger partial charge in [0.25, 0.3) is 0 Å². The molecule has 5 nitrogen and oxygen atoms in total. The van der Waals surface area contributed by atoms with Crippen molar-refractivity contribution < 1.29 is 24.2 Å². The molecule has 1 aliphatic heterocycles. The van der Waals surface area contributed by atoms with Crippen molar-refractivity contribution in [3.8, 4) is 5.75 Å². The molecule has 0 fully saturated rings. The van der Waals surface area contributed by atoms with Gasteiger partial charge in [0.1, 0.15) is 12.4 Å². The fraction of sp³-hybridized carbons (Fsp3) is 0.286. The summed E-state index contributed by atoms with van der Waals surface area (Å²) in [6, 6.07) is 5.45. The van der Waals surface area contributed by atoms with Crippen LogP contribution in [-0.4, -0.2) is 30.8 Å². The Hall–Kier alpha value is -2.30. The Morgan fingerprint density at radius 2 is 2.26 bits per heavy atom. The predicted molar refractivity (Wildman–Crippen MR) is 67.8 cm³/mol. The summed E-state index contributed by atoms with van der Waals surface area (Å²) in [6.45, 7) is 0.144. The molecule has 1 aromatic carbocycles. The molecule has 5 heteroatoms. The van der Waals surface area contributed by atoms with Gasteiger partial charge < -0.3 is 14.6 Å². The topological polar surface area (TPSA) is 72.8 Å². The second-order valence-electron chi connectivity index (χ2n) is 4.24. The van der Waals surface area contributed by atoms with E-state index in [1.807, 2.05) is 12.1 Å². The first-order valence-corrected chi connectivity index (χ1v) is 5.85. The van der Waals surface area contributed by atoms with Gasteiger partial charge in [-0.1, -0.05) is 18.2 Å². The number of rotatable bonds is 3. The number of esters is 1. The molecule has 0 amide bonds. The molecule has 0 aliphatic carbocycles.